The minimum atomic E-state index is -3.07. The van der Waals surface area contributed by atoms with Crippen LogP contribution in [0.1, 0.15) is 18.4 Å². The topological polar surface area (TPSA) is 108 Å². The molecule has 2 rings (SSSR count). The first-order valence-corrected chi connectivity index (χ1v) is 10.0. The van der Waals surface area contributed by atoms with Crippen LogP contribution in [0.25, 0.3) is 0 Å². The summed E-state index contributed by atoms with van der Waals surface area (Å²) in [7, 11) is 0.0192. The first kappa shape index (κ1) is 20.0. The average Bonchev–Trinajstić information content (AvgIpc) is 2.96. The number of nitrogens with one attached hydrogen (secondary N) is 1. The van der Waals surface area contributed by atoms with Crippen molar-refractivity contribution in [1.82, 2.24) is 5.32 Å². The van der Waals surface area contributed by atoms with Crippen molar-refractivity contribution in [2.45, 2.75) is 25.3 Å². The third-order valence-electron chi connectivity index (χ3n) is 3.99. The summed E-state index contributed by atoms with van der Waals surface area (Å²) < 4.78 is 38.0. The molecule has 0 aliphatic carbocycles. The van der Waals surface area contributed by atoms with Gasteiger partial charge in [0.15, 0.2) is 16.4 Å². The lowest BCUT2D eigenvalue weighted by Crippen LogP contribution is -2.38. The fraction of sp³-hybridized carbons (Fsp3) is 0.529. The molecule has 1 aliphatic rings. The lowest BCUT2D eigenvalue weighted by molar-refractivity contribution is -0.148. The summed E-state index contributed by atoms with van der Waals surface area (Å²) in [5, 5.41) is 2.57. The Morgan fingerprint density at radius 1 is 1.15 bits per heavy atom. The van der Waals surface area contributed by atoms with Crippen LogP contribution in [-0.2, 0) is 30.6 Å². The number of esters is 1. The van der Waals surface area contributed by atoms with E-state index >= 15 is 0 Å². The number of carbonyl (C=O) groups excluding carboxylic acids is 2. The fourth-order valence-corrected chi connectivity index (χ4v) is 4.33. The van der Waals surface area contributed by atoms with E-state index in [-0.39, 0.29) is 17.9 Å². The van der Waals surface area contributed by atoms with Crippen LogP contribution in [0.15, 0.2) is 18.2 Å². The minimum Gasteiger partial charge on any atom is -0.497 e. The standard InChI is InChI=1S/C17H23NO7S/c1-23-14-7-12(8-15(9-14)24-2)3-4-17(20)25-10-16(19)18-13-5-6-26(21,22)11-13/h7-9,13H,3-6,10-11H2,1-2H3,(H,18,19)/t13-/m1/s1. The number of methoxy groups -OCH3 is 2. The van der Waals surface area contributed by atoms with Crippen molar-refractivity contribution in [1.29, 1.82) is 0 Å². The predicted octanol–water partition coefficient (Wildman–Crippen LogP) is 0.483. The van der Waals surface area contributed by atoms with Gasteiger partial charge in [-0.1, -0.05) is 0 Å². The van der Waals surface area contributed by atoms with Gasteiger partial charge in [-0.25, -0.2) is 8.42 Å². The summed E-state index contributed by atoms with van der Waals surface area (Å²) in [6, 6.07) is 4.91. The first-order valence-electron chi connectivity index (χ1n) is 8.18. The smallest absolute Gasteiger partial charge is 0.306 e. The lowest BCUT2D eigenvalue weighted by Gasteiger charge is -2.11. The van der Waals surface area contributed by atoms with Crippen LogP contribution in [0.3, 0.4) is 0 Å². The minimum absolute atomic E-state index is 0.0651. The molecule has 1 atom stereocenters. The molecule has 1 fully saturated rings. The van der Waals surface area contributed by atoms with Gasteiger partial charge in [-0.3, -0.25) is 9.59 Å². The maximum Gasteiger partial charge on any atom is 0.306 e. The summed E-state index contributed by atoms with van der Waals surface area (Å²) in [6.07, 6.45) is 0.899. The molecule has 1 aromatic carbocycles. The predicted molar refractivity (Wildman–Crippen MR) is 94.0 cm³/mol. The molecule has 1 heterocycles. The first-order chi connectivity index (χ1) is 12.3. The number of rotatable bonds is 8. The van der Waals surface area contributed by atoms with Crippen molar-refractivity contribution < 1.29 is 32.2 Å². The third kappa shape index (κ3) is 6.21. The van der Waals surface area contributed by atoms with Crippen LogP contribution in [0.5, 0.6) is 11.5 Å². The zero-order chi connectivity index (χ0) is 19.2. The number of ether oxygens (including phenoxy) is 3. The van der Waals surface area contributed by atoms with Crippen LogP contribution < -0.4 is 14.8 Å². The van der Waals surface area contributed by atoms with E-state index in [1.165, 1.54) is 0 Å². The Labute approximate surface area is 152 Å². The van der Waals surface area contributed by atoms with E-state index in [2.05, 4.69) is 5.32 Å². The van der Waals surface area contributed by atoms with Crippen molar-refractivity contribution in [3.05, 3.63) is 23.8 Å². The van der Waals surface area contributed by atoms with Crippen LogP contribution in [-0.4, -0.2) is 58.7 Å². The number of benzene rings is 1. The number of carbonyl (C=O) groups is 2. The fourth-order valence-electron chi connectivity index (χ4n) is 2.65. The highest BCUT2D eigenvalue weighted by Crippen LogP contribution is 2.23. The van der Waals surface area contributed by atoms with Crippen LogP contribution in [0.4, 0.5) is 0 Å². The van der Waals surface area contributed by atoms with Gasteiger partial charge in [-0.15, -0.1) is 0 Å². The zero-order valence-electron chi connectivity index (χ0n) is 14.8. The molecule has 0 unspecified atom stereocenters. The molecule has 0 saturated carbocycles. The van der Waals surface area contributed by atoms with Gasteiger partial charge in [0, 0.05) is 18.5 Å². The van der Waals surface area contributed by atoms with Gasteiger partial charge < -0.3 is 19.5 Å². The molecule has 0 bridgehead atoms. The Morgan fingerprint density at radius 2 is 1.81 bits per heavy atom. The molecule has 1 saturated heterocycles. The van der Waals surface area contributed by atoms with Gasteiger partial charge in [0.2, 0.25) is 0 Å². The molecule has 144 valence electrons. The van der Waals surface area contributed by atoms with Crippen molar-refractivity contribution in [2.75, 3.05) is 32.3 Å². The molecule has 26 heavy (non-hydrogen) atoms. The van der Waals surface area contributed by atoms with E-state index in [4.69, 9.17) is 14.2 Å². The van der Waals surface area contributed by atoms with E-state index in [0.29, 0.717) is 24.3 Å². The second kappa shape index (κ2) is 8.88. The number of sulfone groups is 1. The number of amides is 1. The van der Waals surface area contributed by atoms with Gasteiger partial charge in [0.05, 0.1) is 25.7 Å². The number of aryl methyl sites for hydroxylation is 1. The van der Waals surface area contributed by atoms with E-state index in [1.54, 1.807) is 32.4 Å². The zero-order valence-corrected chi connectivity index (χ0v) is 15.6. The molecule has 9 heteroatoms. The van der Waals surface area contributed by atoms with Crippen LogP contribution in [0.2, 0.25) is 0 Å². The highest BCUT2D eigenvalue weighted by molar-refractivity contribution is 7.91. The van der Waals surface area contributed by atoms with Gasteiger partial charge in [-0.2, -0.15) is 0 Å². The Hall–Kier alpha value is -2.29. The summed E-state index contributed by atoms with van der Waals surface area (Å²) in [5.74, 6) is 0.244. The summed E-state index contributed by atoms with van der Waals surface area (Å²) in [4.78, 5) is 23.5. The largest absolute Gasteiger partial charge is 0.497 e. The summed E-state index contributed by atoms with van der Waals surface area (Å²) in [5.41, 5.74) is 0.846. The van der Waals surface area contributed by atoms with Crippen molar-refractivity contribution >= 4 is 21.7 Å². The third-order valence-corrected chi connectivity index (χ3v) is 5.76. The molecule has 1 amide bonds. The molecular formula is C17H23NO7S. The van der Waals surface area contributed by atoms with Crippen molar-refractivity contribution in [3.8, 4) is 11.5 Å². The quantitative estimate of drug-likeness (QED) is 0.649. The highest BCUT2D eigenvalue weighted by Gasteiger charge is 2.29. The van der Waals surface area contributed by atoms with Crippen LogP contribution >= 0.6 is 0 Å². The number of hydrogen-bond donors (Lipinski definition) is 1. The molecular weight excluding hydrogens is 362 g/mol. The van der Waals surface area contributed by atoms with E-state index in [1.807, 2.05) is 0 Å². The Bertz CT molecular complexity index is 738. The second-order valence-electron chi connectivity index (χ2n) is 6.05. The lowest BCUT2D eigenvalue weighted by atomic mass is 10.1. The summed E-state index contributed by atoms with van der Waals surface area (Å²) in [6.45, 7) is -0.420. The Morgan fingerprint density at radius 3 is 2.35 bits per heavy atom. The Balaban J connectivity index is 1.74. The van der Waals surface area contributed by atoms with Gasteiger partial charge >= 0.3 is 5.97 Å². The molecule has 1 N–H and O–H groups in total. The normalized spacial score (nSPS) is 18.2. The maximum atomic E-state index is 11.8. The molecule has 1 aliphatic heterocycles. The summed E-state index contributed by atoms with van der Waals surface area (Å²) >= 11 is 0. The van der Waals surface area contributed by atoms with Gasteiger partial charge in [0.25, 0.3) is 5.91 Å². The molecule has 0 spiro atoms. The maximum absolute atomic E-state index is 11.8. The van der Waals surface area contributed by atoms with Crippen LogP contribution in [0, 0.1) is 0 Å². The monoisotopic (exact) mass is 385 g/mol. The second-order valence-corrected chi connectivity index (χ2v) is 8.28. The van der Waals surface area contributed by atoms with Crippen molar-refractivity contribution in [3.63, 3.8) is 0 Å². The van der Waals surface area contributed by atoms with Gasteiger partial charge in [-0.05, 0) is 30.5 Å². The van der Waals surface area contributed by atoms with E-state index in [0.717, 1.165) is 5.56 Å². The van der Waals surface area contributed by atoms with E-state index < -0.39 is 34.4 Å². The highest BCUT2D eigenvalue weighted by atomic mass is 32.2. The molecule has 0 radical (unpaired) electrons. The molecule has 0 aromatic heterocycles. The Kier molecular flexibility index (Phi) is 6.84. The molecule has 8 nitrogen and oxygen atoms in total. The number of hydrogen-bond acceptors (Lipinski definition) is 7. The average molecular weight is 385 g/mol. The SMILES string of the molecule is COc1cc(CCC(=O)OCC(=O)N[C@@H]2CCS(=O)(=O)C2)cc(OC)c1. The van der Waals surface area contributed by atoms with E-state index in [9.17, 15) is 18.0 Å². The van der Waals surface area contributed by atoms with Crippen molar-refractivity contribution in [2.24, 2.45) is 0 Å². The molecule has 1 aromatic rings. The van der Waals surface area contributed by atoms with Gasteiger partial charge in [0.1, 0.15) is 11.5 Å².